The SMILES string of the molecule is Nc1ccc(-c2nc(-c3cscn3)no2)cc1F. The number of nitrogen functional groups attached to an aromatic ring is 1. The molecule has 0 unspecified atom stereocenters. The van der Waals surface area contributed by atoms with Gasteiger partial charge in [0.25, 0.3) is 5.89 Å². The molecule has 0 bridgehead atoms. The minimum atomic E-state index is -0.513. The summed E-state index contributed by atoms with van der Waals surface area (Å²) in [6, 6.07) is 4.34. The number of halogens is 1. The third-order valence-electron chi connectivity index (χ3n) is 2.33. The summed E-state index contributed by atoms with van der Waals surface area (Å²) in [4.78, 5) is 8.22. The average Bonchev–Trinajstić information content (AvgIpc) is 3.01. The highest BCUT2D eigenvalue weighted by Crippen LogP contribution is 2.24. The molecule has 2 heterocycles. The number of nitrogens with two attached hydrogens (primary N) is 1. The van der Waals surface area contributed by atoms with Crippen molar-refractivity contribution in [2.24, 2.45) is 0 Å². The van der Waals surface area contributed by atoms with Crippen molar-refractivity contribution in [2.75, 3.05) is 5.73 Å². The second kappa shape index (κ2) is 4.19. The van der Waals surface area contributed by atoms with Gasteiger partial charge in [-0.05, 0) is 18.2 Å². The average molecular weight is 262 g/mol. The van der Waals surface area contributed by atoms with Gasteiger partial charge in [0.1, 0.15) is 11.5 Å². The van der Waals surface area contributed by atoms with Gasteiger partial charge in [0.05, 0.1) is 11.2 Å². The van der Waals surface area contributed by atoms with E-state index in [2.05, 4.69) is 15.1 Å². The van der Waals surface area contributed by atoms with Crippen molar-refractivity contribution in [3.05, 3.63) is 34.9 Å². The Hall–Kier alpha value is -2.28. The molecule has 90 valence electrons. The van der Waals surface area contributed by atoms with E-state index in [4.69, 9.17) is 10.3 Å². The Morgan fingerprint density at radius 1 is 1.33 bits per heavy atom. The first-order valence-electron chi connectivity index (χ1n) is 5.02. The molecular weight excluding hydrogens is 255 g/mol. The normalized spacial score (nSPS) is 10.7. The third-order valence-corrected chi connectivity index (χ3v) is 2.92. The molecule has 0 spiro atoms. The van der Waals surface area contributed by atoms with Crippen LogP contribution in [0, 0.1) is 5.82 Å². The summed E-state index contributed by atoms with van der Waals surface area (Å²) in [7, 11) is 0. The van der Waals surface area contributed by atoms with Gasteiger partial charge in [0.2, 0.25) is 5.82 Å². The topological polar surface area (TPSA) is 77.8 Å². The molecule has 0 saturated heterocycles. The van der Waals surface area contributed by atoms with E-state index >= 15 is 0 Å². The van der Waals surface area contributed by atoms with E-state index < -0.39 is 5.82 Å². The summed E-state index contributed by atoms with van der Waals surface area (Å²) in [5, 5.41) is 5.60. The summed E-state index contributed by atoms with van der Waals surface area (Å²) in [6.07, 6.45) is 0. The summed E-state index contributed by atoms with van der Waals surface area (Å²) in [5.74, 6) is 0.0984. The van der Waals surface area contributed by atoms with E-state index in [0.717, 1.165) is 0 Å². The van der Waals surface area contributed by atoms with Crippen LogP contribution in [0.1, 0.15) is 0 Å². The van der Waals surface area contributed by atoms with Gasteiger partial charge < -0.3 is 10.3 Å². The Kier molecular flexibility index (Phi) is 2.52. The second-order valence-electron chi connectivity index (χ2n) is 3.53. The lowest BCUT2D eigenvalue weighted by Gasteiger charge is -1.97. The number of hydrogen-bond acceptors (Lipinski definition) is 6. The number of aromatic nitrogens is 3. The van der Waals surface area contributed by atoms with Crippen LogP contribution < -0.4 is 5.73 Å². The van der Waals surface area contributed by atoms with Crippen molar-refractivity contribution in [3.63, 3.8) is 0 Å². The molecule has 3 aromatic rings. The fourth-order valence-corrected chi connectivity index (χ4v) is 1.96. The number of anilines is 1. The molecule has 0 fully saturated rings. The van der Waals surface area contributed by atoms with Crippen LogP contribution in [0.4, 0.5) is 10.1 Å². The van der Waals surface area contributed by atoms with Gasteiger partial charge in [-0.15, -0.1) is 11.3 Å². The molecule has 5 nitrogen and oxygen atoms in total. The van der Waals surface area contributed by atoms with E-state index in [0.29, 0.717) is 17.1 Å². The van der Waals surface area contributed by atoms with Crippen molar-refractivity contribution in [3.8, 4) is 23.0 Å². The maximum atomic E-state index is 13.3. The lowest BCUT2D eigenvalue weighted by Crippen LogP contribution is -1.90. The maximum Gasteiger partial charge on any atom is 0.258 e. The molecule has 18 heavy (non-hydrogen) atoms. The molecule has 0 saturated carbocycles. The van der Waals surface area contributed by atoms with Crippen LogP contribution >= 0.6 is 11.3 Å². The Labute approximate surface area is 105 Å². The predicted octanol–water partition coefficient (Wildman–Crippen LogP) is 2.58. The van der Waals surface area contributed by atoms with Crippen LogP contribution in [0.5, 0.6) is 0 Å². The zero-order chi connectivity index (χ0) is 12.5. The van der Waals surface area contributed by atoms with Crippen molar-refractivity contribution >= 4 is 17.0 Å². The summed E-state index contributed by atoms with van der Waals surface area (Å²) >= 11 is 1.43. The first kappa shape index (κ1) is 10.8. The molecule has 2 aromatic heterocycles. The number of nitrogens with zero attached hydrogens (tertiary/aromatic N) is 3. The number of thiazole rings is 1. The van der Waals surface area contributed by atoms with Crippen LogP contribution in [0.3, 0.4) is 0 Å². The summed E-state index contributed by atoms with van der Waals surface area (Å²) in [6.45, 7) is 0. The maximum absolute atomic E-state index is 13.3. The molecule has 7 heteroatoms. The highest BCUT2D eigenvalue weighted by atomic mass is 32.1. The molecule has 3 rings (SSSR count). The quantitative estimate of drug-likeness (QED) is 0.718. The van der Waals surface area contributed by atoms with Gasteiger partial charge in [-0.1, -0.05) is 5.16 Å². The molecule has 0 aliphatic rings. The smallest absolute Gasteiger partial charge is 0.258 e. The fourth-order valence-electron chi connectivity index (χ4n) is 1.43. The Morgan fingerprint density at radius 3 is 2.94 bits per heavy atom. The number of hydrogen-bond donors (Lipinski definition) is 1. The van der Waals surface area contributed by atoms with Crippen LogP contribution in [0.15, 0.2) is 33.6 Å². The Bertz CT molecular complexity index is 680. The molecule has 0 aliphatic heterocycles. The first-order chi connectivity index (χ1) is 8.74. The lowest BCUT2D eigenvalue weighted by atomic mass is 10.2. The van der Waals surface area contributed by atoms with Crippen molar-refractivity contribution in [2.45, 2.75) is 0 Å². The van der Waals surface area contributed by atoms with Gasteiger partial charge in [-0.3, -0.25) is 0 Å². The van der Waals surface area contributed by atoms with Gasteiger partial charge in [0.15, 0.2) is 0 Å². The summed E-state index contributed by atoms with van der Waals surface area (Å²) < 4.78 is 18.4. The van der Waals surface area contributed by atoms with E-state index in [1.54, 1.807) is 17.0 Å². The van der Waals surface area contributed by atoms with E-state index in [1.807, 2.05) is 0 Å². The van der Waals surface area contributed by atoms with Gasteiger partial charge in [-0.25, -0.2) is 9.37 Å². The van der Waals surface area contributed by atoms with E-state index in [-0.39, 0.29) is 11.6 Å². The van der Waals surface area contributed by atoms with Crippen LogP contribution in [0.2, 0.25) is 0 Å². The largest absolute Gasteiger partial charge is 0.396 e. The van der Waals surface area contributed by atoms with Crippen LogP contribution in [0.25, 0.3) is 23.0 Å². The second-order valence-corrected chi connectivity index (χ2v) is 4.25. The number of rotatable bonds is 2. The van der Waals surface area contributed by atoms with Crippen LogP contribution in [-0.4, -0.2) is 15.1 Å². The lowest BCUT2D eigenvalue weighted by molar-refractivity contribution is 0.432. The van der Waals surface area contributed by atoms with Crippen molar-refractivity contribution in [1.82, 2.24) is 15.1 Å². The molecule has 2 N–H and O–H groups in total. The predicted molar refractivity (Wildman–Crippen MR) is 65.2 cm³/mol. The first-order valence-corrected chi connectivity index (χ1v) is 5.96. The zero-order valence-corrected chi connectivity index (χ0v) is 9.82. The van der Waals surface area contributed by atoms with Gasteiger partial charge in [0, 0.05) is 10.9 Å². The summed E-state index contributed by atoms with van der Waals surface area (Å²) in [5.41, 5.74) is 8.27. The minimum absolute atomic E-state index is 0.0815. The van der Waals surface area contributed by atoms with Crippen molar-refractivity contribution < 1.29 is 8.91 Å². The minimum Gasteiger partial charge on any atom is -0.396 e. The van der Waals surface area contributed by atoms with Crippen molar-refractivity contribution in [1.29, 1.82) is 0 Å². The van der Waals surface area contributed by atoms with Gasteiger partial charge >= 0.3 is 0 Å². The molecule has 1 aromatic carbocycles. The molecule has 0 aliphatic carbocycles. The standard InChI is InChI=1S/C11H7FN4OS/c12-7-3-6(1-2-8(7)13)11-15-10(16-17-11)9-4-18-5-14-9/h1-5H,13H2. The third kappa shape index (κ3) is 1.84. The molecular formula is C11H7FN4OS. The highest BCUT2D eigenvalue weighted by Gasteiger charge is 2.13. The van der Waals surface area contributed by atoms with E-state index in [9.17, 15) is 4.39 Å². The monoisotopic (exact) mass is 262 g/mol. The fraction of sp³-hybridized carbons (Fsp3) is 0. The van der Waals surface area contributed by atoms with Crippen LogP contribution in [-0.2, 0) is 0 Å². The molecule has 0 atom stereocenters. The Balaban J connectivity index is 2.00. The number of benzene rings is 1. The highest BCUT2D eigenvalue weighted by molar-refractivity contribution is 7.07. The van der Waals surface area contributed by atoms with E-state index in [1.165, 1.54) is 23.5 Å². The Morgan fingerprint density at radius 2 is 2.22 bits per heavy atom. The molecule has 0 amide bonds. The zero-order valence-electron chi connectivity index (χ0n) is 9.00. The molecule has 0 radical (unpaired) electrons. The van der Waals surface area contributed by atoms with Gasteiger partial charge in [-0.2, -0.15) is 4.98 Å².